The normalized spacial score (nSPS) is 19.5. The molecule has 1 atom stereocenters. The molecule has 0 radical (unpaired) electrons. The first kappa shape index (κ1) is 18.9. The minimum absolute atomic E-state index is 0.0279. The number of sulfone groups is 1. The Labute approximate surface area is 142 Å². The molecule has 0 unspecified atom stereocenters. The lowest BCUT2D eigenvalue weighted by atomic mass is 10.0. The largest absolute Gasteiger partial charge is 0.480 e. The average molecular weight is 375 g/mol. The molecular formula is C15H21NO6S2. The van der Waals surface area contributed by atoms with Gasteiger partial charge in [0.1, 0.15) is 6.04 Å². The molecule has 1 fully saturated rings. The highest BCUT2D eigenvalue weighted by molar-refractivity contribution is 7.90. The van der Waals surface area contributed by atoms with Gasteiger partial charge in [-0.05, 0) is 49.4 Å². The smallest absolute Gasteiger partial charge is 0.322 e. The van der Waals surface area contributed by atoms with Crippen molar-refractivity contribution in [1.82, 2.24) is 4.31 Å². The molecule has 24 heavy (non-hydrogen) atoms. The number of aryl methyl sites for hydroxylation is 1. The Bertz CT molecular complexity index is 873. The van der Waals surface area contributed by atoms with Crippen molar-refractivity contribution in [3.63, 3.8) is 0 Å². The van der Waals surface area contributed by atoms with Crippen LogP contribution in [0.25, 0.3) is 0 Å². The number of benzene rings is 1. The van der Waals surface area contributed by atoms with Gasteiger partial charge in [0.15, 0.2) is 9.84 Å². The predicted octanol–water partition coefficient (Wildman–Crippen LogP) is 1.09. The van der Waals surface area contributed by atoms with Gasteiger partial charge in [0, 0.05) is 12.8 Å². The first-order valence-corrected chi connectivity index (χ1v) is 11.0. The molecule has 1 aliphatic heterocycles. The van der Waals surface area contributed by atoms with Crippen LogP contribution in [-0.4, -0.2) is 51.1 Å². The zero-order valence-electron chi connectivity index (χ0n) is 13.8. The second kappa shape index (κ2) is 6.45. The molecular weight excluding hydrogens is 354 g/mol. The van der Waals surface area contributed by atoms with E-state index in [1.807, 2.05) is 0 Å². The highest BCUT2D eigenvalue weighted by Gasteiger charge is 2.40. The van der Waals surface area contributed by atoms with Crippen molar-refractivity contribution in [2.75, 3.05) is 12.8 Å². The fourth-order valence-electron chi connectivity index (χ4n) is 3.04. The van der Waals surface area contributed by atoms with Crippen LogP contribution < -0.4 is 0 Å². The van der Waals surface area contributed by atoms with Gasteiger partial charge in [-0.2, -0.15) is 4.31 Å². The van der Waals surface area contributed by atoms with Gasteiger partial charge in [0.2, 0.25) is 10.0 Å². The number of carbonyl (C=O) groups is 1. The number of nitrogens with zero attached hydrogens (tertiary/aromatic N) is 1. The SMILES string of the molecule is Cc1ccc(S(=O)(=O)N2CCC[C@H]2C(=O)O)c(C)c1CS(C)(=O)=O. The Balaban J connectivity index is 2.56. The lowest BCUT2D eigenvalue weighted by molar-refractivity contribution is -0.140. The molecule has 1 heterocycles. The standard InChI is InChI=1S/C15H21NO6S2/c1-10-6-7-14(11(2)12(10)9-23(3,19)20)24(21,22)16-8-4-5-13(16)15(17)18/h6-7,13H,4-5,8-9H2,1-3H3,(H,17,18)/t13-/m0/s1. The molecule has 7 nitrogen and oxygen atoms in total. The molecule has 0 saturated carbocycles. The van der Waals surface area contributed by atoms with Gasteiger partial charge in [-0.25, -0.2) is 16.8 Å². The van der Waals surface area contributed by atoms with Crippen LogP contribution in [-0.2, 0) is 30.4 Å². The maximum atomic E-state index is 12.9. The Hall–Kier alpha value is -1.45. The summed E-state index contributed by atoms with van der Waals surface area (Å²) in [4.78, 5) is 11.3. The van der Waals surface area contributed by atoms with Crippen LogP contribution in [0.3, 0.4) is 0 Å². The second-order valence-electron chi connectivity index (χ2n) is 6.17. The van der Waals surface area contributed by atoms with E-state index in [1.54, 1.807) is 19.9 Å². The lowest BCUT2D eigenvalue weighted by Gasteiger charge is -2.23. The number of carboxylic acids is 1. The number of sulfonamides is 1. The van der Waals surface area contributed by atoms with Crippen LogP contribution in [0, 0.1) is 13.8 Å². The zero-order valence-corrected chi connectivity index (χ0v) is 15.4. The maximum Gasteiger partial charge on any atom is 0.322 e. The van der Waals surface area contributed by atoms with Crippen molar-refractivity contribution in [2.24, 2.45) is 0 Å². The van der Waals surface area contributed by atoms with E-state index in [1.165, 1.54) is 6.07 Å². The van der Waals surface area contributed by atoms with Crippen LogP contribution in [0.2, 0.25) is 0 Å². The topological polar surface area (TPSA) is 109 Å². The van der Waals surface area contributed by atoms with Crippen LogP contribution in [0.1, 0.15) is 29.5 Å². The molecule has 1 aliphatic rings. The number of rotatable bonds is 5. The second-order valence-corrected chi connectivity index (χ2v) is 10.2. The van der Waals surface area contributed by atoms with Crippen molar-refractivity contribution in [3.05, 3.63) is 28.8 Å². The summed E-state index contributed by atoms with van der Waals surface area (Å²) in [6, 6.07) is 1.91. The average Bonchev–Trinajstić information content (AvgIpc) is 2.92. The quantitative estimate of drug-likeness (QED) is 0.825. The molecule has 134 valence electrons. The van der Waals surface area contributed by atoms with E-state index in [9.17, 15) is 26.7 Å². The first-order chi connectivity index (χ1) is 10.9. The minimum Gasteiger partial charge on any atom is -0.480 e. The summed E-state index contributed by atoms with van der Waals surface area (Å²) in [5, 5.41) is 9.23. The highest BCUT2D eigenvalue weighted by atomic mass is 32.2. The van der Waals surface area contributed by atoms with Crippen LogP contribution >= 0.6 is 0 Å². The molecule has 9 heteroatoms. The van der Waals surface area contributed by atoms with Gasteiger partial charge in [-0.3, -0.25) is 4.79 Å². The van der Waals surface area contributed by atoms with E-state index in [4.69, 9.17) is 0 Å². The van der Waals surface area contributed by atoms with Crippen molar-refractivity contribution in [1.29, 1.82) is 0 Å². The molecule has 0 aliphatic carbocycles. The molecule has 0 aromatic heterocycles. The molecule has 1 N–H and O–H groups in total. The van der Waals surface area contributed by atoms with E-state index in [2.05, 4.69) is 0 Å². The molecule has 1 aromatic rings. The number of carboxylic acid groups (broad SMARTS) is 1. The predicted molar refractivity (Wildman–Crippen MR) is 89.0 cm³/mol. The molecule has 0 amide bonds. The van der Waals surface area contributed by atoms with Crippen LogP contribution in [0.4, 0.5) is 0 Å². The number of hydrogen-bond acceptors (Lipinski definition) is 5. The van der Waals surface area contributed by atoms with Crippen molar-refractivity contribution >= 4 is 25.8 Å². The fourth-order valence-corrected chi connectivity index (χ4v) is 5.91. The molecule has 0 bridgehead atoms. The Kier molecular flexibility index (Phi) is 5.08. The summed E-state index contributed by atoms with van der Waals surface area (Å²) in [6.45, 7) is 3.43. The van der Waals surface area contributed by atoms with Crippen LogP contribution in [0.5, 0.6) is 0 Å². The summed E-state index contributed by atoms with van der Waals surface area (Å²) >= 11 is 0. The fraction of sp³-hybridized carbons (Fsp3) is 0.533. The van der Waals surface area contributed by atoms with E-state index in [0.29, 0.717) is 23.1 Å². The Morgan fingerprint density at radius 1 is 1.25 bits per heavy atom. The van der Waals surface area contributed by atoms with Crippen LogP contribution in [0.15, 0.2) is 17.0 Å². The summed E-state index contributed by atoms with van der Waals surface area (Å²) in [5.41, 5.74) is 1.49. The zero-order chi connectivity index (χ0) is 18.3. The van der Waals surface area contributed by atoms with Gasteiger partial charge in [0.25, 0.3) is 0 Å². The monoisotopic (exact) mass is 375 g/mol. The van der Waals surface area contributed by atoms with E-state index in [-0.39, 0.29) is 23.6 Å². The van der Waals surface area contributed by atoms with E-state index in [0.717, 1.165) is 10.6 Å². The van der Waals surface area contributed by atoms with Gasteiger partial charge in [0.05, 0.1) is 10.6 Å². The summed E-state index contributed by atoms with van der Waals surface area (Å²) in [7, 11) is -7.33. The third kappa shape index (κ3) is 3.62. The van der Waals surface area contributed by atoms with Gasteiger partial charge in [-0.15, -0.1) is 0 Å². The van der Waals surface area contributed by atoms with E-state index >= 15 is 0 Å². The maximum absolute atomic E-state index is 12.9. The summed E-state index contributed by atoms with van der Waals surface area (Å²) in [5.74, 6) is -1.42. The van der Waals surface area contributed by atoms with E-state index < -0.39 is 31.9 Å². The summed E-state index contributed by atoms with van der Waals surface area (Å²) in [6.07, 6.45) is 1.85. The molecule has 1 saturated heterocycles. The van der Waals surface area contributed by atoms with Crippen molar-refractivity contribution < 1.29 is 26.7 Å². The number of aliphatic carboxylic acids is 1. The van der Waals surface area contributed by atoms with Gasteiger partial charge >= 0.3 is 5.97 Å². The summed E-state index contributed by atoms with van der Waals surface area (Å²) < 4.78 is 50.1. The molecule has 0 spiro atoms. The lowest BCUT2D eigenvalue weighted by Crippen LogP contribution is -2.40. The third-order valence-electron chi connectivity index (χ3n) is 4.26. The van der Waals surface area contributed by atoms with Crippen molar-refractivity contribution in [2.45, 2.75) is 43.4 Å². The van der Waals surface area contributed by atoms with Gasteiger partial charge in [-0.1, -0.05) is 6.07 Å². The molecule has 2 rings (SSSR count). The highest BCUT2D eigenvalue weighted by Crippen LogP contribution is 2.30. The minimum atomic E-state index is -4.00. The first-order valence-electron chi connectivity index (χ1n) is 7.46. The Morgan fingerprint density at radius 2 is 1.88 bits per heavy atom. The molecule has 1 aromatic carbocycles. The van der Waals surface area contributed by atoms with Crippen molar-refractivity contribution in [3.8, 4) is 0 Å². The third-order valence-corrected chi connectivity index (χ3v) is 7.13. The van der Waals surface area contributed by atoms with Gasteiger partial charge < -0.3 is 5.11 Å². The Morgan fingerprint density at radius 3 is 2.42 bits per heavy atom. The number of hydrogen-bond donors (Lipinski definition) is 1.